The zero-order chi connectivity index (χ0) is 16.0. The van der Waals surface area contributed by atoms with Gasteiger partial charge in [0.2, 0.25) is 5.91 Å². The Hall–Kier alpha value is -0.570. The number of carbonyl (C=O) groups excluding carboxylic acids is 1. The van der Waals surface area contributed by atoms with Crippen LogP contribution in [0.15, 0.2) is 0 Å². The minimum absolute atomic E-state index is 0.0293. The maximum atomic E-state index is 12.0. The van der Waals surface area contributed by atoms with Gasteiger partial charge in [-0.15, -0.1) is 0 Å². The smallest absolute Gasteiger partial charge is 0.222 e. The molecular weight excluding hydrogens is 250 g/mol. The van der Waals surface area contributed by atoms with Crippen molar-refractivity contribution >= 4 is 5.91 Å². The second-order valence-corrected chi connectivity index (χ2v) is 8.47. The fourth-order valence-electron chi connectivity index (χ4n) is 2.00. The van der Waals surface area contributed by atoms with E-state index in [1.807, 2.05) is 6.92 Å². The summed E-state index contributed by atoms with van der Waals surface area (Å²) in [6.45, 7) is 19.1. The lowest BCUT2D eigenvalue weighted by Gasteiger charge is -2.28. The number of carbonyl (C=O) groups is 1. The van der Waals surface area contributed by atoms with Gasteiger partial charge in [0, 0.05) is 17.9 Å². The number of hydrogen-bond acceptors (Lipinski definition) is 2. The van der Waals surface area contributed by atoms with Gasteiger partial charge in [0.15, 0.2) is 0 Å². The molecule has 0 aliphatic carbocycles. The van der Waals surface area contributed by atoms with Gasteiger partial charge in [0.05, 0.1) is 13.2 Å². The lowest BCUT2D eigenvalue weighted by Crippen LogP contribution is -2.39. The zero-order valence-electron chi connectivity index (χ0n) is 14.8. The molecule has 1 unspecified atom stereocenters. The Labute approximate surface area is 125 Å². The van der Waals surface area contributed by atoms with Crippen molar-refractivity contribution in [2.75, 3.05) is 19.8 Å². The quantitative estimate of drug-likeness (QED) is 0.735. The highest BCUT2D eigenvalue weighted by Gasteiger charge is 2.22. The lowest BCUT2D eigenvalue weighted by atomic mass is 9.93. The van der Waals surface area contributed by atoms with Crippen LogP contribution in [0.25, 0.3) is 0 Å². The van der Waals surface area contributed by atoms with Crippen LogP contribution in [-0.2, 0) is 9.53 Å². The largest absolute Gasteiger partial charge is 0.380 e. The Morgan fingerprint density at radius 2 is 1.60 bits per heavy atom. The van der Waals surface area contributed by atoms with Gasteiger partial charge < -0.3 is 10.1 Å². The molecule has 0 saturated carbocycles. The predicted octanol–water partition coefficient (Wildman–Crippen LogP) is 3.87. The van der Waals surface area contributed by atoms with Gasteiger partial charge in [-0.05, 0) is 17.8 Å². The fourth-order valence-corrected chi connectivity index (χ4v) is 2.00. The second-order valence-electron chi connectivity index (χ2n) is 8.47. The van der Waals surface area contributed by atoms with Crippen molar-refractivity contribution in [1.82, 2.24) is 5.32 Å². The van der Waals surface area contributed by atoms with Crippen LogP contribution < -0.4 is 5.32 Å². The molecule has 1 amide bonds. The molecule has 0 aliphatic rings. The van der Waals surface area contributed by atoms with Gasteiger partial charge >= 0.3 is 0 Å². The van der Waals surface area contributed by atoms with Gasteiger partial charge in [-0.25, -0.2) is 0 Å². The summed E-state index contributed by atoms with van der Waals surface area (Å²) < 4.78 is 5.77. The van der Waals surface area contributed by atoms with Crippen LogP contribution in [0, 0.1) is 22.7 Å². The molecule has 3 nitrogen and oxygen atoms in total. The van der Waals surface area contributed by atoms with E-state index in [0.717, 1.165) is 13.0 Å². The van der Waals surface area contributed by atoms with E-state index in [9.17, 15) is 4.79 Å². The van der Waals surface area contributed by atoms with Crippen LogP contribution in [0.4, 0.5) is 0 Å². The molecule has 0 aliphatic heterocycles. The topological polar surface area (TPSA) is 38.3 Å². The van der Waals surface area contributed by atoms with Crippen molar-refractivity contribution < 1.29 is 9.53 Å². The molecule has 0 radical (unpaired) electrons. The number of ether oxygens (including phenoxy) is 1. The third-order valence-electron chi connectivity index (χ3n) is 3.04. The molecule has 0 aromatic heterocycles. The number of amides is 1. The van der Waals surface area contributed by atoms with Gasteiger partial charge in [0.25, 0.3) is 0 Å². The maximum Gasteiger partial charge on any atom is 0.222 e. The molecule has 0 heterocycles. The zero-order valence-corrected chi connectivity index (χ0v) is 14.8. The Balaban J connectivity index is 4.05. The Morgan fingerprint density at radius 1 is 1.05 bits per heavy atom. The fraction of sp³-hybridized carbons (Fsp3) is 0.941. The monoisotopic (exact) mass is 285 g/mol. The average molecular weight is 285 g/mol. The molecule has 1 N–H and O–H groups in total. The molecule has 120 valence electrons. The van der Waals surface area contributed by atoms with Crippen molar-refractivity contribution in [2.24, 2.45) is 22.7 Å². The standard InChI is InChI=1S/C17H35NO2/c1-13(2)9-14(3)15(19)18-10-17(7,8)12-20-11-16(4,5)6/h13-14H,9-12H2,1-8H3,(H,18,19). The van der Waals surface area contributed by atoms with E-state index in [0.29, 0.717) is 19.1 Å². The molecule has 0 fully saturated rings. The SMILES string of the molecule is CC(C)CC(C)C(=O)NCC(C)(C)COCC(C)(C)C. The molecule has 0 saturated heterocycles. The van der Waals surface area contributed by atoms with Crippen molar-refractivity contribution in [3.8, 4) is 0 Å². The molecule has 0 bridgehead atoms. The third kappa shape index (κ3) is 10.2. The third-order valence-corrected chi connectivity index (χ3v) is 3.04. The summed E-state index contributed by atoms with van der Waals surface area (Å²) in [6, 6.07) is 0. The highest BCUT2D eigenvalue weighted by molar-refractivity contribution is 5.78. The first-order chi connectivity index (χ1) is 8.93. The van der Waals surface area contributed by atoms with Gasteiger partial charge in [-0.2, -0.15) is 0 Å². The number of hydrogen-bond donors (Lipinski definition) is 1. The van der Waals surface area contributed by atoms with E-state index in [-0.39, 0.29) is 22.7 Å². The van der Waals surface area contributed by atoms with Crippen LogP contribution in [0.1, 0.15) is 61.8 Å². The molecule has 0 rings (SSSR count). The minimum Gasteiger partial charge on any atom is -0.380 e. The molecule has 0 spiro atoms. The predicted molar refractivity (Wildman–Crippen MR) is 85.7 cm³/mol. The Kier molecular flexibility index (Phi) is 7.79. The van der Waals surface area contributed by atoms with Gasteiger partial charge in [-0.1, -0.05) is 55.4 Å². The number of rotatable bonds is 8. The molecule has 1 atom stereocenters. The second kappa shape index (κ2) is 8.02. The molecular formula is C17H35NO2. The summed E-state index contributed by atoms with van der Waals surface area (Å²) in [5.74, 6) is 0.794. The Morgan fingerprint density at radius 3 is 2.05 bits per heavy atom. The van der Waals surface area contributed by atoms with Crippen molar-refractivity contribution in [3.63, 3.8) is 0 Å². The van der Waals surface area contributed by atoms with Gasteiger partial charge in [0.1, 0.15) is 0 Å². The van der Waals surface area contributed by atoms with Crippen LogP contribution in [0.5, 0.6) is 0 Å². The molecule has 0 aromatic carbocycles. The first-order valence-corrected chi connectivity index (χ1v) is 7.78. The van der Waals surface area contributed by atoms with Crippen LogP contribution in [0.2, 0.25) is 0 Å². The van der Waals surface area contributed by atoms with E-state index in [1.165, 1.54) is 0 Å². The molecule has 3 heteroatoms. The molecule has 20 heavy (non-hydrogen) atoms. The van der Waals surface area contributed by atoms with E-state index < -0.39 is 0 Å². The summed E-state index contributed by atoms with van der Waals surface area (Å²) in [5, 5.41) is 3.06. The maximum absolute atomic E-state index is 12.0. The summed E-state index contributed by atoms with van der Waals surface area (Å²) >= 11 is 0. The Bertz CT molecular complexity index is 290. The van der Waals surface area contributed by atoms with Crippen molar-refractivity contribution in [3.05, 3.63) is 0 Å². The van der Waals surface area contributed by atoms with Crippen molar-refractivity contribution in [2.45, 2.75) is 61.8 Å². The first kappa shape index (κ1) is 19.4. The highest BCUT2D eigenvalue weighted by atomic mass is 16.5. The average Bonchev–Trinajstić information content (AvgIpc) is 2.22. The van der Waals surface area contributed by atoms with Crippen molar-refractivity contribution in [1.29, 1.82) is 0 Å². The van der Waals surface area contributed by atoms with E-state index >= 15 is 0 Å². The van der Waals surface area contributed by atoms with Gasteiger partial charge in [-0.3, -0.25) is 4.79 Å². The molecule has 0 aromatic rings. The lowest BCUT2D eigenvalue weighted by molar-refractivity contribution is -0.125. The summed E-state index contributed by atoms with van der Waals surface area (Å²) in [6.07, 6.45) is 0.937. The summed E-state index contributed by atoms with van der Waals surface area (Å²) in [7, 11) is 0. The number of nitrogens with one attached hydrogen (secondary N) is 1. The van der Waals surface area contributed by atoms with Crippen LogP contribution >= 0.6 is 0 Å². The van der Waals surface area contributed by atoms with E-state index in [4.69, 9.17) is 4.74 Å². The van der Waals surface area contributed by atoms with Crippen LogP contribution in [0.3, 0.4) is 0 Å². The summed E-state index contributed by atoms with van der Waals surface area (Å²) in [4.78, 5) is 12.0. The summed E-state index contributed by atoms with van der Waals surface area (Å²) in [5.41, 5.74) is 0.156. The first-order valence-electron chi connectivity index (χ1n) is 7.78. The highest BCUT2D eigenvalue weighted by Crippen LogP contribution is 2.19. The minimum atomic E-state index is -0.0293. The van der Waals surface area contributed by atoms with E-state index in [1.54, 1.807) is 0 Å². The van der Waals surface area contributed by atoms with Crippen LogP contribution in [-0.4, -0.2) is 25.7 Å². The normalized spacial score (nSPS) is 14.4. The van der Waals surface area contributed by atoms with E-state index in [2.05, 4.69) is 53.8 Å².